The molecule has 9 heteroatoms. The molecule has 1 heterocycles. The molecule has 2 N–H and O–H groups in total. The lowest BCUT2D eigenvalue weighted by molar-refractivity contribution is 0.0843. The van der Waals surface area contributed by atoms with Crippen LogP contribution in [0.4, 0.5) is 0 Å². The van der Waals surface area contributed by atoms with Crippen molar-refractivity contribution < 1.29 is 9.59 Å². The smallest absolute Gasteiger partial charge is 0.267 e. The summed E-state index contributed by atoms with van der Waals surface area (Å²) in [6, 6.07) is 6.55. The van der Waals surface area contributed by atoms with Crippen molar-refractivity contribution in [1.29, 1.82) is 0 Å². The van der Waals surface area contributed by atoms with E-state index in [9.17, 15) is 9.59 Å². The van der Waals surface area contributed by atoms with E-state index in [1.54, 1.807) is 24.3 Å². The highest BCUT2D eigenvalue weighted by molar-refractivity contribution is 9.10. The number of carbonyl (C=O) groups excluding carboxylic acids is 2. The number of halogens is 2. The van der Waals surface area contributed by atoms with Crippen molar-refractivity contribution in [3.05, 3.63) is 51.2 Å². The summed E-state index contributed by atoms with van der Waals surface area (Å²) < 4.78 is 0.438. The second-order valence-corrected chi connectivity index (χ2v) is 6.91. The highest BCUT2D eigenvalue weighted by Crippen LogP contribution is 2.19. The van der Waals surface area contributed by atoms with Gasteiger partial charge in [-0.25, -0.2) is 9.97 Å². The van der Waals surface area contributed by atoms with Crippen LogP contribution in [0.1, 0.15) is 34.2 Å². The van der Waals surface area contributed by atoms with Gasteiger partial charge in [-0.3, -0.25) is 20.4 Å². The Morgan fingerprint density at radius 1 is 1.25 bits per heavy atom. The molecule has 0 saturated heterocycles. The zero-order chi connectivity index (χ0) is 17.5. The lowest BCUT2D eigenvalue weighted by Gasteiger charge is -2.09. The number of amides is 2. The summed E-state index contributed by atoms with van der Waals surface area (Å²) in [5.74, 6) is -0.214. The third kappa shape index (κ3) is 4.93. The number of carbonyl (C=O) groups is 2. The van der Waals surface area contributed by atoms with E-state index in [1.165, 1.54) is 18.0 Å². The highest BCUT2D eigenvalue weighted by Gasteiger charge is 2.16. The number of benzene rings is 1. The average molecular weight is 430 g/mol. The summed E-state index contributed by atoms with van der Waals surface area (Å²) in [7, 11) is 0. The quantitative estimate of drug-likeness (QED) is 0.432. The Labute approximate surface area is 156 Å². The predicted octanol–water partition coefficient (Wildman–Crippen LogP) is 3.47. The maximum Gasteiger partial charge on any atom is 0.289 e. The summed E-state index contributed by atoms with van der Waals surface area (Å²) >= 11 is 10.6. The minimum Gasteiger partial charge on any atom is -0.267 e. The number of rotatable bonds is 5. The molecule has 1 aromatic carbocycles. The second-order valence-electron chi connectivity index (χ2n) is 4.59. The molecule has 0 bridgehead atoms. The van der Waals surface area contributed by atoms with Gasteiger partial charge in [-0.05, 0) is 34.5 Å². The molecule has 0 unspecified atom stereocenters. The molecule has 0 fully saturated rings. The number of hydrazine groups is 1. The van der Waals surface area contributed by atoms with E-state index < -0.39 is 11.8 Å². The Morgan fingerprint density at radius 3 is 2.67 bits per heavy atom. The van der Waals surface area contributed by atoms with Crippen molar-refractivity contribution in [3.63, 3.8) is 0 Å². The number of nitrogens with one attached hydrogen (secondary N) is 2. The van der Waals surface area contributed by atoms with E-state index in [1.807, 2.05) is 6.92 Å². The summed E-state index contributed by atoms with van der Waals surface area (Å²) in [5.41, 5.74) is 5.04. The molecule has 0 aliphatic rings. The first-order valence-electron chi connectivity index (χ1n) is 7.03. The summed E-state index contributed by atoms with van der Waals surface area (Å²) in [6.07, 6.45) is 2.48. The van der Waals surface area contributed by atoms with Crippen molar-refractivity contribution in [3.8, 4) is 0 Å². The van der Waals surface area contributed by atoms with Crippen LogP contribution in [0.3, 0.4) is 0 Å². The third-order valence-electron chi connectivity index (χ3n) is 2.78. The van der Waals surface area contributed by atoms with Gasteiger partial charge in [-0.15, -0.1) is 0 Å². The predicted molar refractivity (Wildman–Crippen MR) is 97.1 cm³/mol. The van der Waals surface area contributed by atoms with Crippen LogP contribution < -0.4 is 10.9 Å². The van der Waals surface area contributed by atoms with Crippen molar-refractivity contribution in [2.45, 2.75) is 18.5 Å². The molecule has 2 rings (SSSR count). The Hall–Kier alpha value is -1.64. The molecule has 24 heavy (non-hydrogen) atoms. The zero-order valence-corrected chi connectivity index (χ0v) is 15.8. The van der Waals surface area contributed by atoms with Gasteiger partial charge < -0.3 is 0 Å². The number of nitrogens with zero attached hydrogens (tertiary/aromatic N) is 2. The summed E-state index contributed by atoms with van der Waals surface area (Å²) in [6.45, 7) is 2.05. The highest BCUT2D eigenvalue weighted by atomic mass is 79.9. The largest absolute Gasteiger partial charge is 0.289 e. The van der Waals surface area contributed by atoms with Crippen LogP contribution in [0.5, 0.6) is 0 Å². The van der Waals surface area contributed by atoms with Gasteiger partial charge in [0.1, 0.15) is 5.69 Å². The SMILES string of the molecule is CCCSc1ncc(Br)c(C(=O)NNC(=O)c2ccccc2Cl)n1. The first-order valence-corrected chi connectivity index (χ1v) is 9.19. The van der Waals surface area contributed by atoms with Gasteiger partial charge in [0, 0.05) is 11.9 Å². The van der Waals surface area contributed by atoms with Gasteiger partial charge in [0.05, 0.1) is 15.1 Å². The molecule has 0 spiro atoms. The second kappa shape index (κ2) is 9.00. The molecule has 2 aromatic rings. The maximum atomic E-state index is 12.2. The van der Waals surface area contributed by atoms with Crippen LogP contribution in [0, 0.1) is 0 Å². The van der Waals surface area contributed by atoms with E-state index in [2.05, 4.69) is 36.7 Å². The fraction of sp³-hybridized carbons (Fsp3) is 0.200. The molecular weight excluding hydrogens is 416 g/mol. The van der Waals surface area contributed by atoms with E-state index in [0.29, 0.717) is 14.7 Å². The topological polar surface area (TPSA) is 84.0 Å². The van der Waals surface area contributed by atoms with Crippen LogP contribution >= 0.6 is 39.3 Å². The van der Waals surface area contributed by atoms with Gasteiger partial charge >= 0.3 is 0 Å². The minimum atomic E-state index is -0.553. The lowest BCUT2D eigenvalue weighted by Crippen LogP contribution is -2.42. The van der Waals surface area contributed by atoms with Gasteiger partial charge in [0.15, 0.2) is 5.16 Å². The fourth-order valence-electron chi connectivity index (χ4n) is 1.66. The lowest BCUT2D eigenvalue weighted by atomic mass is 10.2. The van der Waals surface area contributed by atoms with Crippen LogP contribution in [0.25, 0.3) is 0 Å². The number of hydrogen-bond acceptors (Lipinski definition) is 5. The summed E-state index contributed by atoms with van der Waals surface area (Å²) in [4.78, 5) is 32.6. The van der Waals surface area contributed by atoms with Crippen LogP contribution in [-0.4, -0.2) is 27.5 Å². The van der Waals surface area contributed by atoms with Crippen LogP contribution in [-0.2, 0) is 0 Å². The first kappa shape index (κ1) is 18.7. The van der Waals surface area contributed by atoms with E-state index in [-0.39, 0.29) is 11.3 Å². The molecule has 1 aromatic heterocycles. The Kier molecular flexibility index (Phi) is 7.01. The molecule has 0 radical (unpaired) electrons. The molecular formula is C15H14BrClN4O2S. The van der Waals surface area contributed by atoms with Gasteiger partial charge in [0.25, 0.3) is 11.8 Å². The van der Waals surface area contributed by atoms with Gasteiger partial charge in [0.2, 0.25) is 0 Å². The van der Waals surface area contributed by atoms with Crippen LogP contribution in [0.15, 0.2) is 40.1 Å². The Bertz CT molecular complexity index is 760. The molecule has 6 nitrogen and oxygen atoms in total. The molecule has 0 aliphatic carbocycles. The van der Waals surface area contributed by atoms with Gasteiger partial charge in [-0.1, -0.05) is 42.4 Å². The Balaban J connectivity index is 2.04. The van der Waals surface area contributed by atoms with Crippen LogP contribution in [0.2, 0.25) is 5.02 Å². The van der Waals surface area contributed by atoms with E-state index in [0.717, 1.165) is 12.2 Å². The van der Waals surface area contributed by atoms with E-state index >= 15 is 0 Å². The summed E-state index contributed by atoms with van der Waals surface area (Å²) in [5, 5.41) is 0.799. The average Bonchev–Trinajstić information content (AvgIpc) is 2.59. The maximum absolute atomic E-state index is 12.2. The van der Waals surface area contributed by atoms with Crippen molar-refractivity contribution >= 4 is 51.1 Å². The molecule has 2 amide bonds. The van der Waals surface area contributed by atoms with Gasteiger partial charge in [-0.2, -0.15) is 0 Å². The minimum absolute atomic E-state index is 0.142. The molecule has 126 valence electrons. The molecule has 0 aliphatic heterocycles. The standard InChI is InChI=1S/C15H14BrClN4O2S/c1-2-7-24-15-18-8-10(16)12(19-15)14(23)21-20-13(22)9-5-3-4-6-11(9)17/h3-6,8H,2,7H2,1H3,(H,20,22)(H,21,23). The zero-order valence-electron chi connectivity index (χ0n) is 12.7. The van der Waals surface area contributed by atoms with Crippen molar-refractivity contribution in [1.82, 2.24) is 20.8 Å². The van der Waals surface area contributed by atoms with Crippen molar-refractivity contribution in [2.24, 2.45) is 0 Å². The third-order valence-corrected chi connectivity index (χ3v) is 4.76. The normalized spacial score (nSPS) is 10.3. The van der Waals surface area contributed by atoms with Crippen molar-refractivity contribution in [2.75, 3.05) is 5.75 Å². The van der Waals surface area contributed by atoms with E-state index in [4.69, 9.17) is 11.6 Å². The molecule has 0 atom stereocenters. The number of thioether (sulfide) groups is 1. The number of aromatic nitrogens is 2. The fourth-order valence-corrected chi connectivity index (χ4v) is 2.92. The number of hydrogen-bond donors (Lipinski definition) is 2. The molecule has 0 saturated carbocycles. The first-order chi connectivity index (χ1) is 11.5. The monoisotopic (exact) mass is 428 g/mol. The Morgan fingerprint density at radius 2 is 1.96 bits per heavy atom.